The van der Waals surface area contributed by atoms with Gasteiger partial charge in [-0.1, -0.05) is 54.6 Å². The molecule has 1 heteroatoms. The zero-order chi connectivity index (χ0) is 11.5. The molecular formula is C16H13N. The maximum atomic E-state index is 3.49. The highest BCUT2D eigenvalue weighted by molar-refractivity contribution is 5.69. The SMILES string of the molecule is c1cccc(C2=CC(c3ccccc3)NC2)c#1. The molecule has 1 unspecified atom stereocenters. The molecule has 1 N–H and O–H groups in total. The van der Waals surface area contributed by atoms with Crippen molar-refractivity contribution in [3.8, 4) is 0 Å². The van der Waals surface area contributed by atoms with Crippen LogP contribution in [0, 0.1) is 12.1 Å². The molecule has 1 aliphatic heterocycles. The van der Waals surface area contributed by atoms with Crippen molar-refractivity contribution in [3.63, 3.8) is 0 Å². The molecule has 0 bridgehead atoms. The maximum absolute atomic E-state index is 3.49. The van der Waals surface area contributed by atoms with Gasteiger partial charge in [-0.05, 0) is 23.3 Å². The van der Waals surface area contributed by atoms with E-state index in [0.717, 1.165) is 12.1 Å². The molecule has 0 radical (unpaired) electrons. The third-order valence-electron chi connectivity index (χ3n) is 3.03. The zero-order valence-corrected chi connectivity index (χ0v) is 9.48. The third-order valence-corrected chi connectivity index (χ3v) is 3.03. The van der Waals surface area contributed by atoms with Crippen LogP contribution < -0.4 is 5.32 Å². The lowest BCUT2D eigenvalue weighted by atomic mass is 10.0. The molecule has 82 valence electrons. The quantitative estimate of drug-likeness (QED) is 0.818. The summed E-state index contributed by atoms with van der Waals surface area (Å²) in [6.07, 6.45) is 2.27. The summed E-state index contributed by atoms with van der Waals surface area (Å²) in [6.45, 7) is 0.897. The Balaban J connectivity index is 1.87. The normalized spacial score (nSPS) is 18.6. The Hall–Kier alpha value is -2.04. The molecule has 1 nitrogen and oxygen atoms in total. The van der Waals surface area contributed by atoms with Gasteiger partial charge in [0.1, 0.15) is 0 Å². The van der Waals surface area contributed by atoms with E-state index >= 15 is 0 Å². The van der Waals surface area contributed by atoms with Gasteiger partial charge in [0.2, 0.25) is 0 Å². The predicted octanol–water partition coefficient (Wildman–Crippen LogP) is 3.01. The van der Waals surface area contributed by atoms with Crippen LogP contribution in [0.2, 0.25) is 0 Å². The number of nitrogens with one attached hydrogen (secondary N) is 1. The first-order chi connectivity index (χ1) is 8.43. The van der Waals surface area contributed by atoms with Crippen molar-refractivity contribution in [3.05, 3.63) is 77.9 Å². The monoisotopic (exact) mass is 219 g/mol. The van der Waals surface area contributed by atoms with Crippen LogP contribution in [0.3, 0.4) is 0 Å². The van der Waals surface area contributed by atoms with Crippen LogP contribution in [0.5, 0.6) is 0 Å². The molecular weight excluding hydrogens is 206 g/mol. The van der Waals surface area contributed by atoms with Crippen molar-refractivity contribution in [1.29, 1.82) is 0 Å². The van der Waals surface area contributed by atoms with E-state index in [0.29, 0.717) is 6.04 Å². The van der Waals surface area contributed by atoms with Crippen LogP contribution >= 0.6 is 0 Å². The molecule has 0 aromatic heterocycles. The van der Waals surface area contributed by atoms with E-state index in [1.165, 1.54) is 11.1 Å². The molecule has 0 saturated heterocycles. The van der Waals surface area contributed by atoms with Crippen molar-refractivity contribution in [2.75, 3.05) is 6.54 Å². The standard InChI is InChI=1S/C16H13N/c1-3-7-13(8-4-1)15-11-16(17-12-15)14-9-5-2-6-10-14/h1-3,5-7,9-11,16-17H,12H2. The van der Waals surface area contributed by atoms with Crippen LogP contribution in [0.4, 0.5) is 0 Å². The number of hydrogen-bond acceptors (Lipinski definition) is 1. The van der Waals surface area contributed by atoms with Crippen LogP contribution in [-0.2, 0) is 0 Å². The van der Waals surface area contributed by atoms with E-state index in [1.54, 1.807) is 0 Å². The van der Waals surface area contributed by atoms with Crippen molar-refractivity contribution in [2.45, 2.75) is 6.04 Å². The fraction of sp³-hybridized carbons (Fsp3) is 0.125. The molecule has 17 heavy (non-hydrogen) atoms. The molecule has 0 spiro atoms. The Labute approximate surface area is 102 Å². The van der Waals surface area contributed by atoms with Gasteiger partial charge in [0.25, 0.3) is 0 Å². The summed E-state index contributed by atoms with van der Waals surface area (Å²) in [5.74, 6) is 0. The van der Waals surface area contributed by atoms with E-state index in [4.69, 9.17) is 0 Å². The highest BCUT2D eigenvalue weighted by Gasteiger charge is 2.16. The Kier molecular flexibility index (Phi) is 2.65. The van der Waals surface area contributed by atoms with Gasteiger partial charge in [-0.15, -0.1) is 0 Å². The fourth-order valence-corrected chi connectivity index (χ4v) is 2.14. The van der Waals surface area contributed by atoms with E-state index in [-0.39, 0.29) is 0 Å². The van der Waals surface area contributed by atoms with E-state index in [9.17, 15) is 0 Å². The van der Waals surface area contributed by atoms with Gasteiger partial charge in [-0.25, -0.2) is 0 Å². The highest BCUT2D eigenvalue weighted by atomic mass is 14.9. The van der Waals surface area contributed by atoms with Crippen molar-refractivity contribution >= 4 is 5.57 Å². The van der Waals surface area contributed by atoms with Gasteiger partial charge < -0.3 is 5.32 Å². The zero-order valence-electron chi connectivity index (χ0n) is 9.48. The Morgan fingerprint density at radius 1 is 1.06 bits per heavy atom. The van der Waals surface area contributed by atoms with Gasteiger partial charge in [0, 0.05) is 12.1 Å². The summed E-state index contributed by atoms with van der Waals surface area (Å²) in [7, 11) is 0. The Morgan fingerprint density at radius 2 is 1.94 bits per heavy atom. The fourth-order valence-electron chi connectivity index (χ4n) is 2.14. The Morgan fingerprint density at radius 3 is 2.71 bits per heavy atom. The van der Waals surface area contributed by atoms with Crippen molar-refractivity contribution in [2.24, 2.45) is 0 Å². The summed E-state index contributed by atoms with van der Waals surface area (Å²) in [6, 6.07) is 22.9. The van der Waals surface area contributed by atoms with Crippen LogP contribution in [-0.4, -0.2) is 6.54 Å². The summed E-state index contributed by atoms with van der Waals surface area (Å²) in [4.78, 5) is 0. The molecule has 0 saturated carbocycles. The topological polar surface area (TPSA) is 12.0 Å². The minimum absolute atomic E-state index is 0.319. The summed E-state index contributed by atoms with van der Waals surface area (Å²) < 4.78 is 0. The largest absolute Gasteiger partial charge is 0.303 e. The first kappa shape index (κ1) is 10.1. The highest BCUT2D eigenvalue weighted by Crippen LogP contribution is 2.25. The second-order valence-corrected chi connectivity index (χ2v) is 4.17. The summed E-state index contributed by atoms with van der Waals surface area (Å²) in [5.41, 5.74) is 3.75. The van der Waals surface area contributed by atoms with Crippen LogP contribution in [0.25, 0.3) is 5.57 Å². The van der Waals surface area contributed by atoms with Crippen LogP contribution in [0.1, 0.15) is 17.2 Å². The second kappa shape index (κ2) is 4.45. The average Bonchev–Trinajstić information content (AvgIpc) is 2.90. The van der Waals surface area contributed by atoms with Crippen molar-refractivity contribution < 1.29 is 0 Å². The molecule has 1 aliphatic rings. The molecule has 0 amide bonds. The van der Waals surface area contributed by atoms with Gasteiger partial charge in [0.15, 0.2) is 0 Å². The maximum Gasteiger partial charge on any atom is 0.0515 e. The summed E-state index contributed by atoms with van der Waals surface area (Å²) in [5, 5.41) is 3.49. The number of rotatable bonds is 2. The average molecular weight is 219 g/mol. The van der Waals surface area contributed by atoms with E-state index < -0.39 is 0 Å². The number of benzene rings is 1. The molecule has 2 aromatic rings. The molecule has 0 aliphatic carbocycles. The van der Waals surface area contributed by atoms with E-state index in [1.807, 2.05) is 18.2 Å². The second-order valence-electron chi connectivity index (χ2n) is 4.17. The Bertz CT molecular complexity index is 514. The van der Waals surface area contributed by atoms with Gasteiger partial charge in [-0.3, -0.25) is 0 Å². The first-order valence-corrected chi connectivity index (χ1v) is 5.81. The van der Waals surface area contributed by atoms with Gasteiger partial charge >= 0.3 is 0 Å². The molecule has 2 aromatic carbocycles. The lowest BCUT2D eigenvalue weighted by molar-refractivity contribution is 0.715. The molecule has 3 rings (SSSR count). The molecule has 0 fully saturated rings. The van der Waals surface area contributed by atoms with E-state index in [2.05, 4.69) is 53.9 Å². The lowest BCUT2D eigenvalue weighted by Gasteiger charge is -2.07. The minimum Gasteiger partial charge on any atom is -0.303 e. The summed E-state index contributed by atoms with van der Waals surface area (Å²) >= 11 is 0. The minimum atomic E-state index is 0.319. The smallest absolute Gasteiger partial charge is 0.0515 e. The predicted molar refractivity (Wildman–Crippen MR) is 69.3 cm³/mol. The van der Waals surface area contributed by atoms with Gasteiger partial charge in [-0.2, -0.15) is 0 Å². The molecule has 1 heterocycles. The third kappa shape index (κ3) is 2.08. The van der Waals surface area contributed by atoms with Crippen molar-refractivity contribution in [1.82, 2.24) is 5.32 Å². The first-order valence-electron chi connectivity index (χ1n) is 5.81. The lowest BCUT2D eigenvalue weighted by Crippen LogP contribution is -2.14. The molecule has 1 atom stereocenters. The number of hydrogen-bond donors (Lipinski definition) is 1. The van der Waals surface area contributed by atoms with Crippen LogP contribution in [0.15, 0.2) is 54.6 Å². The van der Waals surface area contributed by atoms with Gasteiger partial charge in [0.05, 0.1) is 6.04 Å².